The lowest BCUT2D eigenvalue weighted by atomic mass is 10.2. The number of aromatic hydroxyl groups is 1. The van der Waals surface area contributed by atoms with Crippen LogP contribution in [0.1, 0.15) is 12.0 Å². The van der Waals surface area contributed by atoms with Crippen molar-refractivity contribution in [1.82, 2.24) is 10.2 Å². The summed E-state index contributed by atoms with van der Waals surface area (Å²) in [6, 6.07) is 6.77. The number of phenolic OH excluding ortho intramolecular Hbond substituents is 1. The van der Waals surface area contributed by atoms with E-state index in [1.165, 1.54) is 0 Å². The molecule has 1 aliphatic heterocycles. The number of rotatable bonds is 2. The van der Waals surface area contributed by atoms with Crippen molar-refractivity contribution in [3.8, 4) is 5.75 Å². The van der Waals surface area contributed by atoms with Gasteiger partial charge in [-0.05, 0) is 17.7 Å². The Bertz CT molecular complexity index is 445. The van der Waals surface area contributed by atoms with Crippen LogP contribution in [0.3, 0.4) is 0 Å². The molecule has 2 N–H and O–H groups in total. The maximum Gasteiger partial charge on any atom is 0.242 e. The molecule has 0 bridgehead atoms. The van der Waals surface area contributed by atoms with E-state index in [1.54, 1.807) is 23.1 Å². The smallest absolute Gasteiger partial charge is 0.242 e. The highest BCUT2D eigenvalue weighted by Crippen LogP contribution is 2.13. The quantitative estimate of drug-likeness (QED) is 0.770. The van der Waals surface area contributed by atoms with Crippen molar-refractivity contribution >= 4 is 11.8 Å². The van der Waals surface area contributed by atoms with Crippen molar-refractivity contribution in [3.05, 3.63) is 29.8 Å². The second kappa shape index (κ2) is 4.86. The number of benzene rings is 1. The van der Waals surface area contributed by atoms with Gasteiger partial charge in [0, 0.05) is 19.5 Å². The molecule has 0 aliphatic carbocycles. The van der Waals surface area contributed by atoms with Crippen molar-refractivity contribution < 1.29 is 14.7 Å². The van der Waals surface area contributed by atoms with Crippen molar-refractivity contribution in [2.45, 2.75) is 13.0 Å². The van der Waals surface area contributed by atoms with Crippen LogP contribution in [0.4, 0.5) is 0 Å². The molecule has 0 aromatic heterocycles. The van der Waals surface area contributed by atoms with Crippen LogP contribution in [0.5, 0.6) is 5.75 Å². The van der Waals surface area contributed by atoms with Gasteiger partial charge in [-0.15, -0.1) is 0 Å². The van der Waals surface area contributed by atoms with Gasteiger partial charge in [0.2, 0.25) is 11.8 Å². The zero-order valence-corrected chi connectivity index (χ0v) is 9.35. The van der Waals surface area contributed by atoms with E-state index in [0.29, 0.717) is 19.5 Å². The first-order chi connectivity index (χ1) is 8.15. The molecule has 17 heavy (non-hydrogen) atoms. The Morgan fingerprint density at radius 1 is 1.35 bits per heavy atom. The van der Waals surface area contributed by atoms with Gasteiger partial charge in [0.1, 0.15) is 5.75 Å². The fourth-order valence-corrected chi connectivity index (χ4v) is 1.78. The Balaban J connectivity index is 2.07. The summed E-state index contributed by atoms with van der Waals surface area (Å²) in [4.78, 5) is 24.5. The first-order valence-corrected chi connectivity index (χ1v) is 5.47. The van der Waals surface area contributed by atoms with Crippen molar-refractivity contribution in [2.24, 2.45) is 0 Å². The number of hydrogen-bond acceptors (Lipinski definition) is 3. The molecule has 1 heterocycles. The first kappa shape index (κ1) is 11.4. The van der Waals surface area contributed by atoms with Crippen LogP contribution in [0.2, 0.25) is 0 Å². The Morgan fingerprint density at radius 2 is 2.18 bits per heavy atom. The van der Waals surface area contributed by atoms with Crippen LogP contribution in [0.25, 0.3) is 0 Å². The Morgan fingerprint density at radius 3 is 2.94 bits per heavy atom. The number of hydrogen-bond donors (Lipinski definition) is 2. The summed E-state index contributed by atoms with van der Waals surface area (Å²) in [5, 5.41) is 11.9. The number of carbonyl (C=O) groups is 2. The van der Waals surface area contributed by atoms with Crippen molar-refractivity contribution in [2.75, 3.05) is 13.1 Å². The molecule has 1 aromatic rings. The molecule has 90 valence electrons. The largest absolute Gasteiger partial charge is 0.508 e. The van der Waals surface area contributed by atoms with Gasteiger partial charge < -0.3 is 15.3 Å². The van der Waals surface area contributed by atoms with Gasteiger partial charge in [-0.2, -0.15) is 0 Å². The van der Waals surface area contributed by atoms with E-state index in [4.69, 9.17) is 0 Å². The molecule has 0 radical (unpaired) electrons. The summed E-state index contributed by atoms with van der Waals surface area (Å²) < 4.78 is 0. The summed E-state index contributed by atoms with van der Waals surface area (Å²) in [7, 11) is 0. The maximum absolute atomic E-state index is 11.7. The normalized spacial score (nSPS) is 16.6. The summed E-state index contributed by atoms with van der Waals surface area (Å²) in [5.74, 6) is -0.0186. The van der Waals surface area contributed by atoms with E-state index < -0.39 is 0 Å². The lowest BCUT2D eigenvalue weighted by Crippen LogP contribution is -2.34. The standard InChI is InChI=1S/C12H14N2O3/c15-10-3-1-2-9(6-10)8-14-5-4-11(16)13-7-12(14)17/h1-3,6,15H,4-5,7-8H2,(H,13,16). The fraction of sp³-hybridized carbons (Fsp3) is 0.333. The van der Waals surface area contributed by atoms with Crippen LogP contribution in [0, 0.1) is 0 Å². The lowest BCUT2D eigenvalue weighted by molar-refractivity contribution is -0.130. The van der Waals surface area contributed by atoms with Gasteiger partial charge in [-0.1, -0.05) is 12.1 Å². The van der Waals surface area contributed by atoms with E-state index in [9.17, 15) is 14.7 Å². The summed E-state index contributed by atoms with van der Waals surface area (Å²) >= 11 is 0. The summed E-state index contributed by atoms with van der Waals surface area (Å²) in [5.41, 5.74) is 0.854. The number of nitrogens with one attached hydrogen (secondary N) is 1. The first-order valence-electron chi connectivity index (χ1n) is 5.47. The predicted molar refractivity (Wildman–Crippen MR) is 61.2 cm³/mol. The average Bonchev–Trinajstić information content (AvgIpc) is 2.45. The molecule has 5 nitrogen and oxygen atoms in total. The van der Waals surface area contributed by atoms with Gasteiger partial charge in [0.15, 0.2) is 0 Å². The average molecular weight is 234 g/mol. The lowest BCUT2D eigenvalue weighted by Gasteiger charge is -2.19. The van der Waals surface area contributed by atoms with E-state index in [0.717, 1.165) is 5.56 Å². The molecule has 1 aliphatic rings. The van der Waals surface area contributed by atoms with Gasteiger partial charge in [0.25, 0.3) is 0 Å². The highest BCUT2D eigenvalue weighted by Gasteiger charge is 2.19. The summed E-state index contributed by atoms with van der Waals surface area (Å²) in [6.45, 7) is 0.889. The van der Waals surface area contributed by atoms with Gasteiger partial charge in [0.05, 0.1) is 6.54 Å². The highest BCUT2D eigenvalue weighted by molar-refractivity contribution is 5.87. The van der Waals surface area contributed by atoms with Crippen LogP contribution in [0.15, 0.2) is 24.3 Å². The molecule has 0 saturated carbocycles. The number of amides is 2. The zero-order valence-electron chi connectivity index (χ0n) is 9.35. The predicted octanol–water partition coefficient (Wildman–Crippen LogP) is 0.241. The molecule has 1 fully saturated rings. The van der Waals surface area contributed by atoms with Gasteiger partial charge >= 0.3 is 0 Å². The molecule has 0 spiro atoms. The SMILES string of the molecule is O=C1CCN(Cc2cccc(O)c2)C(=O)CN1. The second-order valence-corrected chi connectivity index (χ2v) is 4.01. The molecule has 1 saturated heterocycles. The molecule has 2 rings (SSSR count). The van der Waals surface area contributed by atoms with E-state index >= 15 is 0 Å². The highest BCUT2D eigenvalue weighted by atomic mass is 16.3. The number of carbonyl (C=O) groups excluding carboxylic acids is 2. The molecule has 5 heteroatoms. The van der Waals surface area contributed by atoms with Crippen LogP contribution in [-0.4, -0.2) is 34.9 Å². The summed E-state index contributed by atoms with van der Waals surface area (Å²) in [6.07, 6.45) is 0.324. The molecular weight excluding hydrogens is 220 g/mol. The monoisotopic (exact) mass is 234 g/mol. The van der Waals surface area contributed by atoms with Crippen LogP contribution < -0.4 is 5.32 Å². The van der Waals surface area contributed by atoms with Crippen molar-refractivity contribution in [3.63, 3.8) is 0 Å². The Kier molecular flexibility index (Phi) is 3.27. The Labute approximate surface area is 99.0 Å². The van der Waals surface area contributed by atoms with Crippen LogP contribution >= 0.6 is 0 Å². The third-order valence-corrected chi connectivity index (χ3v) is 2.68. The van der Waals surface area contributed by atoms with Crippen LogP contribution in [-0.2, 0) is 16.1 Å². The molecule has 1 aromatic carbocycles. The Hall–Kier alpha value is -2.04. The minimum absolute atomic E-state index is 0.0532. The zero-order chi connectivity index (χ0) is 12.3. The van der Waals surface area contributed by atoms with Gasteiger partial charge in [-0.25, -0.2) is 0 Å². The minimum atomic E-state index is -0.100. The fourth-order valence-electron chi connectivity index (χ4n) is 1.78. The van der Waals surface area contributed by atoms with Gasteiger partial charge in [-0.3, -0.25) is 9.59 Å². The third kappa shape index (κ3) is 2.96. The molecule has 0 unspecified atom stereocenters. The van der Waals surface area contributed by atoms with E-state index in [1.807, 2.05) is 6.07 Å². The maximum atomic E-state index is 11.7. The second-order valence-electron chi connectivity index (χ2n) is 4.01. The number of phenols is 1. The van der Waals surface area contributed by atoms with E-state index in [2.05, 4.69) is 5.32 Å². The molecule has 0 atom stereocenters. The molecule has 2 amide bonds. The third-order valence-electron chi connectivity index (χ3n) is 2.68. The van der Waals surface area contributed by atoms with Crippen molar-refractivity contribution in [1.29, 1.82) is 0 Å². The van der Waals surface area contributed by atoms with E-state index in [-0.39, 0.29) is 24.1 Å². The number of nitrogens with zero attached hydrogens (tertiary/aromatic N) is 1. The topological polar surface area (TPSA) is 69.6 Å². The molecular formula is C12H14N2O3. The minimum Gasteiger partial charge on any atom is -0.508 e.